The van der Waals surface area contributed by atoms with Crippen LogP contribution in [0.25, 0.3) is 5.65 Å². The van der Waals surface area contributed by atoms with Crippen LogP contribution in [0.15, 0.2) is 53.8 Å². The van der Waals surface area contributed by atoms with Crippen LogP contribution in [0.2, 0.25) is 0 Å². The van der Waals surface area contributed by atoms with Crippen LogP contribution in [0, 0.1) is 0 Å². The van der Waals surface area contributed by atoms with Gasteiger partial charge in [-0.2, -0.15) is 0 Å². The molecule has 3 aromatic rings. The summed E-state index contributed by atoms with van der Waals surface area (Å²) in [7, 11) is 0. The molecule has 3 aromatic heterocycles. The molecule has 0 atom stereocenters. The third-order valence-electron chi connectivity index (χ3n) is 3.49. The second kappa shape index (κ2) is 8.05. The zero-order chi connectivity index (χ0) is 16.6. The van der Waals surface area contributed by atoms with Crippen LogP contribution in [0.3, 0.4) is 0 Å². The molecule has 3 rings (SSSR count). The highest BCUT2D eigenvalue weighted by Crippen LogP contribution is 2.02. The molecule has 124 valence electrons. The molecule has 0 radical (unpaired) electrons. The monoisotopic (exact) mass is 323 g/mol. The largest absolute Gasteiger partial charge is 0.357 e. The van der Waals surface area contributed by atoms with Crippen molar-refractivity contribution in [1.82, 2.24) is 30.2 Å². The van der Waals surface area contributed by atoms with Crippen molar-refractivity contribution in [3.63, 3.8) is 0 Å². The highest BCUT2D eigenvalue weighted by molar-refractivity contribution is 5.79. The maximum Gasteiger partial charge on any atom is 0.191 e. The zero-order valence-corrected chi connectivity index (χ0v) is 13.7. The Morgan fingerprint density at radius 1 is 1.12 bits per heavy atom. The van der Waals surface area contributed by atoms with Crippen molar-refractivity contribution in [3.05, 3.63) is 60.3 Å². The average Bonchev–Trinajstić information content (AvgIpc) is 3.04. The van der Waals surface area contributed by atoms with Gasteiger partial charge in [-0.15, -0.1) is 10.2 Å². The van der Waals surface area contributed by atoms with Crippen molar-refractivity contribution < 1.29 is 0 Å². The summed E-state index contributed by atoms with van der Waals surface area (Å²) in [6.07, 6.45) is 4.52. The number of hydrogen-bond acceptors (Lipinski definition) is 4. The van der Waals surface area contributed by atoms with Gasteiger partial charge in [-0.3, -0.25) is 9.38 Å². The lowest BCUT2D eigenvalue weighted by Crippen LogP contribution is -2.38. The molecule has 0 saturated heterocycles. The third-order valence-corrected chi connectivity index (χ3v) is 3.49. The molecular weight excluding hydrogens is 302 g/mol. The van der Waals surface area contributed by atoms with Gasteiger partial charge in [0, 0.05) is 31.9 Å². The molecule has 0 amide bonds. The fraction of sp³-hybridized carbons (Fsp3) is 0.294. The van der Waals surface area contributed by atoms with Gasteiger partial charge < -0.3 is 10.6 Å². The van der Waals surface area contributed by atoms with E-state index in [1.807, 2.05) is 53.9 Å². The summed E-state index contributed by atoms with van der Waals surface area (Å²) in [6.45, 7) is 4.12. The summed E-state index contributed by atoms with van der Waals surface area (Å²) in [4.78, 5) is 8.84. The maximum atomic E-state index is 4.55. The molecule has 2 N–H and O–H groups in total. The van der Waals surface area contributed by atoms with Crippen molar-refractivity contribution >= 4 is 11.6 Å². The van der Waals surface area contributed by atoms with Crippen LogP contribution in [0.5, 0.6) is 0 Å². The normalized spacial score (nSPS) is 11.6. The summed E-state index contributed by atoms with van der Waals surface area (Å²) < 4.78 is 2.00. The van der Waals surface area contributed by atoms with E-state index in [-0.39, 0.29) is 0 Å². The quantitative estimate of drug-likeness (QED) is 0.530. The van der Waals surface area contributed by atoms with Gasteiger partial charge in [0.05, 0.1) is 12.2 Å². The molecule has 0 aromatic carbocycles. The minimum absolute atomic E-state index is 0.546. The van der Waals surface area contributed by atoms with Crippen LogP contribution in [-0.4, -0.2) is 38.6 Å². The molecule has 0 unspecified atom stereocenters. The number of aliphatic imine (C=N–C) groups is 1. The van der Waals surface area contributed by atoms with E-state index in [0.29, 0.717) is 6.54 Å². The SMILES string of the molecule is CCNC(=NCc1ccccn1)NCCc1nnc2ccccn12. The molecular formula is C17H21N7. The number of pyridine rings is 2. The number of guanidine groups is 1. The summed E-state index contributed by atoms with van der Waals surface area (Å²) in [5.41, 5.74) is 1.81. The van der Waals surface area contributed by atoms with Crippen LogP contribution in [0.1, 0.15) is 18.4 Å². The second-order valence-electron chi connectivity index (χ2n) is 5.24. The van der Waals surface area contributed by atoms with Crippen molar-refractivity contribution in [2.75, 3.05) is 13.1 Å². The van der Waals surface area contributed by atoms with E-state index in [9.17, 15) is 0 Å². The predicted molar refractivity (Wildman–Crippen MR) is 93.7 cm³/mol. The predicted octanol–water partition coefficient (Wildman–Crippen LogP) is 1.42. The molecule has 3 heterocycles. The van der Waals surface area contributed by atoms with E-state index in [4.69, 9.17) is 0 Å². The summed E-state index contributed by atoms with van der Waals surface area (Å²) in [5.74, 6) is 1.70. The highest BCUT2D eigenvalue weighted by Gasteiger charge is 2.05. The highest BCUT2D eigenvalue weighted by atomic mass is 15.2. The fourth-order valence-corrected chi connectivity index (χ4v) is 2.35. The van der Waals surface area contributed by atoms with Gasteiger partial charge in [0.15, 0.2) is 11.6 Å². The van der Waals surface area contributed by atoms with Crippen molar-refractivity contribution in [3.8, 4) is 0 Å². The summed E-state index contributed by atoms with van der Waals surface area (Å²) in [5, 5.41) is 15.0. The Bertz CT molecular complexity index is 795. The number of nitrogens with one attached hydrogen (secondary N) is 2. The molecule has 0 fully saturated rings. The molecule has 7 heteroatoms. The van der Waals surface area contributed by atoms with Crippen LogP contribution < -0.4 is 10.6 Å². The van der Waals surface area contributed by atoms with E-state index >= 15 is 0 Å². The molecule has 7 nitrogen and oxygen atoms in total. The lowest BCUT2D eigenvalue weighted by Gasteiger charge is -2.10. The zero-order valence-electron chi connectivity index (χ0n) is 13.7. The second-order valence-corrected chi connectivity index (χ2v) is 5.24. The van der Waals surface area contributed by atoms with Gasteiger partial charge in [0.25, 0.3) is 0 Å². The molecule has 0 aliphatic rings. The van der Waals surface area contributed by atoms with Crippen LogP contribution >= 0.6 is 0 Å². The topological polar surface area (TPSA) is 79.5 Å². The van der Waals surface area contributed by atoms with E-state index < -0.39 is 0 Å². The van der Waals surface area contributed by atoms with Crippen molar-refractivity contribution in [2.45, 2.75) is 19.9 Å². The molecule has 0 bridgehead atoms. The van der Waals surface area contributed by atoms with Gasteiger partial charge in [0.2, 0.25) is 0 Å². The Kier molecular flexibility index (Phi) is 5.34. The third kappa shape index (κ3) is 4.07. The fourth-order valence-electron chi connectivity index (χ4n) is 2.35. The molecule has 24 heavy (non-hydrogen) atoms. The Hall–Kier alpha value is -2.96. The smallest absolute Gasteiger partial charge is 0.191 e. The number of nitrogens with zero attached hydrogens (tertiary/aromatic N) is 5. The lowest BCUT2D eigenvalue weighted by atomic mass is 10.3. The van der Waals surface area contributed by atoms with Crippen LogP contribution in [0.4, 0.5) is 0 Å². The molecule has 0 aliphatic heterocycles. The summed E-state index contributed by atoms with van der Waals surface area (Å²) >= 11 is 0. The number of rotatable bonds is 6. The first-order valence-corrected chi connectivity index (χ1v) is 8.07. The van der Waals surface area contributed by atoms with Gasteiger partial charge in [0.1, 0.15) is 5.82 Å². The Morgan fingerprint density at radius 2 is 2.04 bits per heavy atom. The first-order chi connectivity index (χ1) is 11.9. The number of hydrogen-bond donors (Lipinski definition) is 2. The van der Waals surface area contributed by atoms with E-state index in [1.54, 1.807) is 6.20 Å². The standard InChI is InChI=1S/C17H21N7/c1-2-18-17(21-13-14-7-3-5-10-19-14)20-11-9-16-23-22-15-8-4-6-12-24(15)16/h3-8,10,12H,2,9,11,13H2,1H3,(H2,18,20,21). The molecule has 0 spiro atoms. The Balaban J connectivity index is 1.58. The first kappa shape index (κ1) is 15.9. The lowest BCUT2D eigenvalue weighted by molar-refractivity contribution is 0.762. The van der Waals surface area contributed by atoms with Crippen molar-refractivity contribution in [2.24, 2.45) is 4.99 Å². The molecule has 0 aliphatic carbocycles. The molecule has 0 saturated carbocycles. The van der Waals surface area contributed by atoms with E-state index in [2.05, 4.69) is 30.8 Å². The minimum atomic E-state index is 0.546. The Labute approximate surface area is 140 Å². The Morgan fingerprint density at radius 3 is 2.88 bits per heavy atom. The minimum Gasteiger partial charge on any atom is -0.357 e. The van der Waals surface area contributed by atoms with Crippen molar-refractivity contribution in [1.29, 1.82) is 0 Å². The number of fused-ring (bicyclic) bond motifs is 1. The van der Waals surface area contributed by atoms with Gasteiger partial charge >= 0.3 is 0 Å². The number of aromatic nitrogens is 4. The first-order valence-electron chi connectivity index (χ1n) is 8.07. The van der Waals surface area contributed by atoms with E-state index in [0.717, 1.165) is 42.6 Å². The van der Waals surface area contributed by atoms with Gasteiger partial charge in [-0.05, 0) is 31.2 Å². The average molecular weight is 323 g/mol. The van der Waals surface area contributed by atoms with E-state index in [1.165, 1.54) is 0 Å². The summed E-state index contributed by atoms with van der Waals surface area (Å²) in [6, 6.07) is 11.7. The van der Waals surface area contributed by atoms with Gasteiger partial charge in [-0.1, -0.05) is 12.1 Å². The van der Waals surface area contributed by atoms with Crippen LogP contribution in [-0.2, 0) is 13.0 Å². The maximum absolute atomic E-state index is 4.55. The van der Waals surface area contributed by atoms with Gasteiger partial charge in [-0.25, -0.2) is 4.99 Å².